The highest BCUT2D eigenvalue weighted by Crippen LogP contribution is 2.34. The first kappa shape index (κ1) is 12.7. The summed E-state index contributed by atoms with van der Waals surface area (Å²) in [4.78, 5) is 10.2. The fraction of sp³-hybridized carbons (Fsp3) is 0.182. The van der Waals surface area contributed by atoms with Crippen LogP contribution >= 0.6 is 11.3 Å². The summed E-state index contributed by atoms with van der Waals surface area (Å²) in [5.74, 6) is -0.352. The van der Waals surface area contributed by atoms with Gasteiger partial charge in [0.25, 0.3) is 6.47 Å². The number of rotatable bonds is 4. The molecule has 0 radical (unpaired) electrons. The average Bonchev–Trinajstić information content (AvgIpc) is 2.73. The van der Waals surface area contributed by atoms with E-state index in [1.54, 1.807) is 11.4 Å². The molecule has 2 rings (SSSR count). The Balaban J connectivity index is 2.46. The van der Waals surface area contributed by atoms with Crippen LogP contribution in [0.2, 0.25) is 0 Å². The van der Waals surface area contributed by atoms with E-state index in [1.807, 2.05) is 0 Å². The average molecular weight is 276 g/mol. The SMILES string of the molecule is O=COCc1c(OC(F)(F)F)ccc2sccc12. The van der Waals surface area contributed by atoms with E-state index in [9.17, 15) is 18.0 Å². The van der Waals surface area contributed by atoms with E-state index in [1.165, 1.54) is 23.5 Å². The Kier molecular flexibility index (Phi) is 3.42. The number of carbonyl (C=O) groups is 1. The van der Waals surface area contributed by atoms with E-state index >= 15 is 0 Å². The van der Waals surface area contributed by atoms with Crippen LogP contribution in [0.5, 0.6) is 5.75 Å². The molecule has 0 aliphatic rings. The monoisotopic (exact) mass is 276 g/mol. The first-order chi connectivity index (χ1) is 8.51. The van der Waals surface area contributed by atoms with E-state index in [0.29, 0.717) is 5.39 Å². The number of benzene rings is 1. The van der Waals surface area contributed by atoms with Gasteiger partial charge in [-0.3, -0.25) is 4.79 Å². The van der Waals surface area contributed by atoms with E-state index < -0.39 is 6.36 Å². The molecule has 0 saturated heterocycles. The second kappa shape index (κ2) is 4.85. The number of alkyl halides is 3. The van der Waals surface area contributed by atoms with Gasteiger partial charge in [-0.1, -0.05) is 0 Å². The van der Waals surface area contributed by atoms with Crippen LogP contribution in [0.15, 0.2) is 23.6 Å². The van der Waals surface area contributed by atoms with Crippen molar-refractivity contribution in [2.24, 2.45) is 0 Å². The molecular weight excluding hydrogens is 269 g/mol. The Morgan fingerprint density at radius 1 is 1.28 bits per heavy atom. The summed E-state index contributed by atoms with van der Waals surface area (Å²) in [5.41, 5.74) is 0.207. The molecule has 1 aromatic heterocycles. The largest absolute Gasteiger partial charge is 0.573 e. The summed E-state index contributed by atoms with van der Waals surface area (Å²) in [7, 11) is 0. The Labute approximate surface area is 104 Å². The quantitative estimate of drug-likeness (QED) is 0.802. The van der Waals surface area contributed by atoms with Gasteiger partial charge < -0.3 is 9.47 Å². The van der Waals surface area contributed by atoms with Crippen molar-refractivity contribution in [2.75, 3.05) is 0 Å². The van der Waals surface area contributed by atoms with Crippen LogP contribution < -0.4 is 4.74 Å². The summed E-state index contributed by atoms with van der Waals surface area (Å²) in [6, 6.07) is 4.41. The van der Waals surface area contributed by atoms with E-state index in [0.717, 1.165) is 4.70 Å². The van der Waals surface area contributed by atoms with Gasteiger partial charge in [0.05, 0.1) is 0 Å². The highest BCUT2D eigenvalue weighted by molar-refractivity contribution is 7.17. The Bertz CT molecular complexity index is 562. The number of hydrogen-bond donors (Lipinski definition) is 0. The molecule has 96 valence electrons. The van der Waals surface area contributed by atoms with Gasteiger partial charge in [0.1, 0.15) is 12.4 Å². The fourth-order valence-corrected chi connectivity index (χ4v) is 2.39. The number of hydrogen-bond acceptors (Lipinski definition) is 4. The molecule has 0 bridgehead atoms. The molecule has 0 N–H and O–H groups in total. The number of carbonyl (C=O) groups excluding carboxylic acids is 1. The molecule has 7 heteroatoms. The summed E-state index contributed by atoms with van der Waals surface area (Å²) in [6.07, 6.45) is -4.78. The van der Waals surface area contributed by atoms with Gasteiger partial charge in [0.2, 0.25) is 0 Å². The molecule has 0 amide bonds. The molecule has 0 saturated carbocycles. The van der Waals surface area contributed by atoms with Crippen LogP contribution in [0.3, 0.4) is 0 Å². The Hall–Kier alpha value is -1.76. The molecule has 0 aliphatic carbocycles. The first-order valence-electron chi connectivity index (χ1n) is 4.81. The third kappa shape index (κ3) is 2.73. The normalized spacial score (nSPS) is 11.5. The molecule has 3 nitrogen and oxygen atoms in total. The summed E-state index contributed by atoms with van der Waals surface area (Å²) in [5, 5.41) is 2.33. The van der Waals surface area contributed by atoms with Crippen LogP contribution in [0.4, 0.5) is 13.2 Å². The topological polar surface area (TPSA) is 35.5 Å². The van der Waals surface area contributed by atoms with Crippen molar-refractivity contribution in [3.8, 4) is 5.75 Å². The summed E-state index contributed by atoms with van der Waals surface area (Å²) in [6.45, 7) is -0.0778. The molecule has 1 heterocycles. The minimum absolute atomic E-state index is 0.183. The fourth-order valence-electron chi connectivity index (χ4n) is 1.57. The lowest BCUT2D eigenvalue weighted by molar-refractivity contribution is -0.274. The third-order valence-corrected chi connectivity index (χ3v) is 3.11. The highest BCUT2D eigenvalue weighted by atomic mass is 32.1. The van der Waals surface area contributed by atoms with Crippen molar-refractivity contribution in [2.45, 2.75) is 13.0 Å². The summed E-state index contributed by atoms with van der Waals surface area (Å²) < 4.78 is 46.0. The molecule has 0 fully saturated rings. The predicted molar refractivity (Wildman–Crippen MR) is 59.4 cm³/mol. The minimum atomic E-state index is -4.78. The zero-order valence-electron chi connectivity index (χ0n) is 8.86. The number of ether oxygens (including phenoxy) is 2. The van der Waals surface area contributed by atoms with Crippen molar-refractivity contribution in [1.29, 1.82) is 0 Å². The van der Waals surface area contributed by atoms with Crippen LogP contribution in [-0.2, 0) is 16.1 Å². The molecule has 0 unspecified atom stereocenters. The van der Waals surface area contributed by atoms with Crippen LogP contribution in [0.1, 0.15) is 5.56 Å². The lowest BCUT2D eigenvalue weighted by Crippen LogP contribution is -2.18. The number of halogens is 3. The molecule has 2 aromatic rings. The molecule has 18 heavy (non-hydrogen) atoms. The standard InChI is InChI=1S/C11H7F3O3S/c12-11(13,14)17-9-1-2-10-7(3-4-18-10)8(9)5-16-6-15/h1-4,6H,5H2. The maximum atomic E-state index is 12.2. The third-order valence-electron chi connectivity index (χ3n) is 2.23. The second-order valence-corrected chi connectivity index (χ2v) is 4.28. The van der Waals surface area contributed by atoms with Gasteiger partial charge >= 0.3 is 6.36 Å². The molecule has 1 aromatic carbocycles. The van der Waals surface area contributed by atoms with Crippen molar-refractivity contribution >= 4 is 27.9 Å². The molecule has 0 spiro atoms. The zero-order chi connectivity index (χ0) is 13.2. The smallest absolute Gasteiger partial charge is 0.463 e. The van der Waals surface area contributed by atoms with Crippen LogP contribution in [0.25, 0.3) is 10.1 Å². The maximum absolute atomic E-state index is 12.2. The van der Waals surface area contributed by atoms with Crippen LogP contribution in [0, 0.1) is 0 Å². The minimum Gasteiger partial charge on any atom is -0.463 e. The number of fused-ring (bicyclic) bond motifs is 1. The maximum Gasteiger partial charge on any atom is 0.573 e. The van der Waals surface area contributed by atoms with E-state index in [-0.39, 0.29) is 24.4 Å². The van der Waals surface area contributed by atoms with Gasteiger partial charge in [-0.15, -0.1) is 24.5 Å². The van der Waals surface area contributed by atoms with Gasteiger partial charge in [-0.25, -0.2) is 0 Å². The zero-order valence-corrected chi connectivity index (χ0v) is 9.68. The van der Waals surface area contributed by atoms with Crippen molar-refractivity contribution < 1.29 is 27.4 Å². The first-order valence-corrected chi connectivity index (χ1v) is 5.69. The van der Waals surface area contributed by atoms with E-state index in [2.05, 4.69) is 9.47 Å². The van der Waals surface area contributed by atoms with Gasteiger partial charge in [-0.05, 0) is 23.6 Å². The van der Waals surface area contributed by atoms with E-state index in [4.69, 9.17) is 0 Å². The highest BCUT2D eigenvalue weighted by Gasteiger charge is 2.32. The summed E-state index contributed by atoms with van der Waals surface area (Å²) >= 11 is 1.38. The van der Waals surface area contributed by atoms with Crippen molar-refractivity contribution in [1.82, 2.24) is 0 Å². The molecular formula is C11H7F3O3S. The molecule has 0 aliphatic heterocycles. The van der Waals surface area contributed by atoms with Crippen molar-refractivity contribution in [3.63, 3.8) is 0 Å². The van der Waals surface area contributed by atoms with Crippen molar-refractivity contribution in [3.05, 3.63) is 29.1 Å². The van der Waals surface area contributed by atoms with Crippen LogP contribution in [-0.4, -0.2) is 12.8 Å². The lowest BCUT2D eigenvalue weighted by atomic mass is 10.1. The predicted octanol–water partition coefficient (Wildman–Crippen LogP) is 3.47. The number of thiophene rings is 1. The van der Waals surface area contributed by atoms with Gasteiger partial charge in [-0.2, -0.15) is 0 Å². The van der Waals surface area contributed by atoms with Gasteiger partial charge in [0.15, 0.2) is 0 Å². The lowest BCUT2D eigenvalue weighted by Gasteiger charge is -2.13. The molecule has 0 atom stereocenters. The Morgan fingerprint density at radius 3 is 2.72 bits per heavy atom. The van der Waals surface area contributed by atoms with Gasteiger partial charge in [0, 0.05) is 15.6 Å². The second-order valence-electron chi connectivity index (χ2n) is 3.33. The Morgan fingerprint density at radius 2 is 2.06 bits per heavy atom.